The summed E-state index contributed by atoms with van der Waals surface area (Å²) in [5.74, 6) is 0.971. The van der Waals surface area contributed by atoms with Crippen molar-refractivity contribution in [2.24, 2.45) is 0 Å². The lowest BCUT2D eigenvalue weighted by molar-refractivity contribution is 0.0585. The second kappa shape index (κ2) is 8.05. The fourth-order valence-corrected chi connectivity index (χ4v) is 5.42. The molecule has 3 amide bonds. The number of rotatable bonds is 2. The zero-order valence-corrected chi connectivity index (χ0v) is 17.0. The SMILES string of the molecule is O=C(Nc1ccccc1)N1CCC2(CC1)SCCN2C(=O)c1ccc(Cl)cc1. The van der Waals surface area contributed by atoms with Crippen LogP contribution in [0.2, 0.25) is 5.02 Å². The van der Waals surface area contributed by atoms with Crippen LogP contribution < -0.4 is 5.32 Å². The van der Waals surface area contributed by atoms with Crippen molar-refractivity contribution < 1.29 is 9.59 Å². The lowest BCUT2D eigenvalue weighted by atomic mass is 10.0. The molecule has 2 heterocycles. The summed E-state index contributed by atoms with van der Waals surface area (Å²) in [5, 5.41) is 3.57. The van der Waals surface area contributed by atoms with Gasteiger partial charge in [-0.3, -0.25) is 4.79 Å². The van der Waals surface area contributed by atoms with E-state index in [0.717, 1.165) is 30.8 Å². The molecule has 4 rings (SSSR count). The lowest BCUT2D eigenvalue weighted by Gasteiger charge is -2.44. The van der Waals surface area contributed by atoms with Gasteiger partial charge in [0.25, 0.3) is 5.91 Å². The van der Waals surface area contributed by atoms with Crippen molar-refractivity contribution in [1.82, 2.24) is 9.80 Å². The number of nitrogens with zero attached hydrogens (tertiary/aromatic N) is 2. The smallest absolute Gasteiger partial charge is 0.321 e. The molecule has 2 aliphatic heterocycles. The molecule has 7 heteroatoms. The Hall–Kier alpha value is -2.18. The number of nitrogens with one attached hydrogen (secondary N) is 1. The third-order valence-electron chi connectivity index (χ3n) is 5.37. The van der Waals surface area contributed by atoms with Gasteiger partial charge in [0, 0.05) is 41.7 Å². The van der Waals surface area contributed by atoms with E-state index in [1.807, 2.05) is 51.9 Å². The molecule has 0 atom stereocenters. The molecular formula is C21H22ClN3O2S. The van der Waals surface area contributed by atoms with Gasteiger partial charge in [0.15, 0.2) is 0 Å². The molecule has 2 fully saturated rings. The first-order valence-corrected chi connectivity index (χ1v) is 10.8. The molecule has 2 aromatic rings. The van der Waals surface area contributed by atoms with Gasteiger partial charge in [-0.05, 0) is 49.2 Å². The maximum atomic E-state index is 13.1. The van der Waals surface area contributed by atoms with Crippen LogP contribution in [0, 0.1) is 0 Å². The number of amides is 3. The van der Waals surface area contributed by atoms with E-state index in [4.69, 9.17) is 11.6 Å². The van der Waals surface area contributed by atoms with Gasteiger partial charge in [0.05, 0.1) is 4.87 Å². The van der Waals surface area contributed by atoms with Gasteiger partial charge in [0.1, 0.15) is 0 Å². The summed E-state index contributed by atoms with van der Waals surface area (Å²) in [6.07, 6.45) is 1.55. The van der Waals surface area contributed by atoms with Crippen molar-refractivity contribution in [3.8, 4) is 0 Å². The van der Waals surface area contributed by atoms with E-state index >= 15 is 0 Å². The Labute approximate surface area is 174 Å². The summed E-state index contributed by atoms with van der Waals surface area (Å²) < 4.78 is 0. The Bertz CT molecular complexity index is 852. The monoisotopic (exact) mass is 415 g/mol. The van der Waals surface area contributed by atoms with Crippen molar-refractivity contribution in [2.45, 2.75) is 17.7 Å². The molecule has 0 unspecified atom stereocenters. The zero-order valence-electron chi connectivity index (χ0n) is 15.4. The Morgan fingerprint density at radius 1 is 0.964 bits per heavy atom. The van der Waals surface area contributed by atoms with Crippen LogP contribution in [0.3, 0.4) is 0 Å². The van der Waals surface area contributed by atoms with Crippen LogP contribution in [0.25, 0.3) is 0 Å². The van der Waals surface area contributed by atoms with Gasteiger partial charge in [-0.15, -0.1) is 11.8 Å². The molecule has 0 bridgehead atoms. The van der Waals surface area contributed by atoms with E-state index in [1.54, 1.807) is 24.3 Å². The zero-order chi connectivity index (χ0) is 19.6. The number of anilines is 1. The van der Waals surface area contributed by atoms with Gasteiger partial charge in [-0.1, -0.05) is 29.8 Å². The third kappa shape index (κ3) is 3.84. The molecule has 28 heavy (non-hydrogen) atoms. The highest BCUT2D eigenvalue weighted by Crippen LogP contribution is 2.44. The van der Waals surface area contributed by atoms with Gasteiger partial charge >= 0.3 is 6.03 Å². The number of carbonyl (C=O) groups is 2. The molecule has 5 nitrogen and oxygen atoms in total. The molecule has 0 saturated carbocycles. The van der Waals surface area contributed by atoms with Gasteiger partial charge in [-0.2, -0.15) is 0 Å². The Kier molecular flexibility index (Phi) is 5.51. The second-order valence-corrected chi connectivity index (χ2v) is 8.93. The molecule has 1 spiro atoms. The summed E-state index contributed by atoms with van der Waals surface area (Å²) in [5.41, 5.74) is 1.46. The number of thioether (sulfide) groups is 1. The number of carbonyl (C=O) groups excluding carboxylic acids is 2. The average molecular weight is 416 g/mol. The molecule has 2 aromatic carbocycles. The quantitative estimate of drug-likeness (QED) is 0.782. The number of halogens is 1. The Morgan fingerprint density at radius 2 is 1.64 bits per heavy atom. The predicted molar refractivity (Wildman–Crippen MR) is 114 cm³/mol. The highest BCUT2D eigenvalue weighted by atomic mass is 35.5. The van der Waals surface area contributed by atoms with E-state index < -0.39 is 0 Å². The Morgan fingerprint density at radius 3 is 2.32 bits per heavy atom. The maximum Gasteiger partial charge on any atom is 0.321 e. The summed E-state index contributed by atoms with van der Waals surface area (Å²) in [4.78, 5) is 29.2. The molecular weight excluding hydrogens is 394 g/mol. The summed E-state index contributed by atoms with van der Waals surface area (Å²) in [6, 6.07) is 16.5. The first kappa shape index (κ1) is 19.2. The third-order valence-corrected chi connectivity index (χ3v) is 7.18. The molecule has 2 aliphatic rings. The van der Waals surface area contributed by atoms with Crippen LogP contribution in [0.5, 0.6) is 0 Å². The minimum Gasteiger partial charge on any atom is -0.324 e. The number of benzene rings is 2. The topological polar surface area (TPSA) is 52.7 Å². The maximum absolute atomic E-state index is 13.1. The van der Waals surface area contributed by atoms with Crippen molar-refractivity contribution in [2.75, 3.05) is 30.7 Å². The molecule has 0 aromatic heterocycles. The summed E-state index contributed by atoms with van der Waals surface area (Å²) >= 11 is 7.79. The van der Waals surface area contributed by atoms with Crippen LogP contribution >= 0.6 is 23.4 Å². The van der Waals surface area contributed by atoms with Crippen molar-refractivity contribution in [1.29, 1.82) is 0 Å². The number of hydrogen-bond acceptors (Lipinski definition) is 3. The highest BCUT2D eigenvalue weighted by Gasteiger charge is 2.47. The lowest BCUT2D eigenvalue weighted by Crippen LogP contribution is -2.54. The molecule has 146 valence electrons. The van der Waals surface area contributed by atoms with E-state index in [2.05, 4.69) is 5.32 Å². The van der Waals surface area contributed by atoms with Crippen LogP contribution in [-0.2, 0) is 0 Å². The van der Waals surface area contributed by atoms with E-state index in [1.165, 1.54) is 0 Å². The normalized spacial score (nSPS) is 18.3. The van der Waals surface area contributed by atoms with Crippen molar-refractivity contribution in [3.05, 3.63) is 65.2 Å². The van der Waals surface area contributed by atoms with E-state index in [9.17, 15) is 9.59 Å². The van der Waals surface area contributed by atoms with Crippen molar-refractivity contribution >= 4 is 41.0 Å². The van der Waals surface area contributed by atoms with E-state index in [-0.39, 0.29) is 16.8 Å². The van der Waals surface area contributed by atoms with Gasteiger partial charge in [0.2, 0.25) is 0 Å². The number of piperidine rings is 1. The predicted octanol–water partition coefficient (Wildman–Crippen LogP) is 4.55. The fraction of sp³-hybridized carbons (Fsp3) is 0.333. The average Bonchev–Trinajstić information content (AvgIpc) is 3.12. The number of urea groups is 1. The first-order chi connectivity index (χ1) is 13.6. The minimum atomic E-state index is -0.222. The largest absolute Gasteiger partial charge is 0.324 e. The molecule has 2 saturated heterocycles. The highest BCUT2D eigenvalue weighted by molar-refractivity contribution is 8.00. The van der Waals surface area contributed by atoms with Crippen LogP contribution in [-0.4, -0.2) is 52.0 Å². The molecule has 0 radical (unpaired) electrons. The minimum absolute atomic E-state index is 0.0452. The molecule has 1 N–H and O–H groups in total. The number of likely N-dealkylation sites (tertiary alicyclic amines) is 1. The number of para-hydroxylation sites is 1. The summed E-state index contributed by atoms with van der Waals surface area (Å²) in [6.45, 7) is 2.01. The Balaban J connectivity index is 1.41. The van der Waals surface area contributed by atoms with Crippen LogP contribution in [0.1, 0.15) is 23.2 Å². The standard InChI is InChI=1S/C21H22ClN3O2S/c22-17-8-6-16(7-9-17)19(26)25-14-15-28-21(25)10-12-24(13-11-21)20(27)23-18-4-2-1-3-5-18/h1-9H,10-15H2,(H,23,27). The van der Waals surface area contributed by atoms with Crippen molar-refractivity contribution in [3.63, 3.8) is 0 Å². The second-order valence-electron chi connectivity index (χ2n) is 7.04. The van der Waals surface area contributed by atoms with Crippen LogP contribution in [0.4, 0.5) is 10.5 Å². The fourth-order valence-electron chi connectivity index (χ4n) is 3.84. The van der Waals surface area contributed by atoms with Crippen LogP contribution in [0.15, 0.2) is 54.6 Å². The first-order valence-electron chi connectivity index (χ1n) is 9.40. The summed E-state index contributed by atoms with van der Waals surface area (Å²) in [7, 11) is 0. The van der Waals surface area contributed by atoms with E-state index in [0.29, 0.717) is 23.7 Å². The van der Waals surface area contributed by atoms with Gasteiger partial charge in [-0.25, -0.2) is 4.79 Å². The number of hydrogen-bond donors (Lipinski definition) is 1. The molecule has 0 aliphatic carbocycles. The van der Waals surface area contributed by atoms with Gasteiger partial charge < -0.3 is 15.1 Å².